The predicted molar refractivity (Wildman–Crippen MR) is 101 cm³/mol. The molecule has 0 aliphatic heterocycles. The minimum absolute atomic E-state index is 0.239. The summed E-state index contributed by atoms with van der Waals surface area (Å²) in [6, 6.07) is 13.1. The first kappa shape index (κ1) is 18.7. The number of hydrogen-bond acceptors (Lipinski definition) is 3. The molecule has 6 nitrogen and oxygen atoms in total. The molecule has 0 aliphatic rings. The lowest BCUT2D eigenvalue weighted by molar-refractivity contribution is 0.215. The third-order valence-electron chi connectivity index (χ3n) is 3.78. The molecule has 0 saturated carbocycles. The standard InChI is InChI=1S/C19H26N4O2/c1-19(2,14-22(3)13-15-9-6-5-7-10-15)21-18(25)20-16-11-8-12-23(4)17(16)24/h5-12H,13-14H2,1-4H3,(H2,20,21,25). The Kier molecular flexibility index (Phi) is 5.98. The van der Waals surface area contributed by atoms with Gasteiger partial charge in [-0.05, 0) is 38.6 Å². The number of aromatic nitrogens is 1. The zero-order valence-electron chi connectivity index (χ0n) is 15.2. The van der Waals surface area contributed by atoms with E-state index in [0.29, 0.717) is 6.54 Å². The molecule has 2 amide bonds. The second-order valence-electron chi connectivity index (χ2n) is 6.96. The molecule has 0 radical (unpaired) electrons. The summed E-state index contributed by atoms with van der Waals surface area (Å²) in [5.41, 5.74) is 0.791. The monoisotopic (exact) mass is 342 g/mol. The van der Waals surface area contributed by atoms with Gasteiger partial charge in [0, 0.05) is 31.9 Å². The molecule has 0 saturated heterocycles. The molecule has 2 N–H and O–H groups in total. The van der Waals surface area contributed by atoms with Crippen LogP contribution in [0.3, 0.4) is 0 Å². The van der Waals surface area contributed by atoms with Crippen molar-refractivity contribution >= 4 is 11.7 Å². The molecule has 1 aromatic carbocycles. The number of rotatable bonds is 6. The van der Waals surface area contributed by atoms with E-state index in [-0.39, 0.29) is 17.3 Å². The summed E-state index contributed by atoms with van der Waals surface area (Å²) in [5.74, 6) is 0. The van der Waals surface area contributed by atoms with Crippen LogP contribution in [0.2, 0.25) is 0 Å². The topological polar surface area (TPSA) is 66.4 Å². The molecular formula is C19H26N4O2. The number of nitrogens with zero attached hydrogens (tertiary/aromatic N) is 2. The molecule has 0 bridgehead atoms. The van der Waals surface area contributed by atoms with Crippen LogP contribution in [0.4, 0.5) is 10.5 Å². The van der Waals surface area contributed by atoms with Gasteiger partial charge in [-0.25, -0.2) is 4.79 Å². The van der Waals surface area contributed by atoms with Crippen LogP contribution in [0.1, 0.15) is 19.4 Å². The van der Waals surface area contributed by atoms with Gasteiger partial charge in [0.25, 0.3) is 5.56 Å². The molecule has 0 atom stereocenters. The summed E-state index contributed by atoms with van der Waals surface area (Å²) in [5, 5.41) is 5.56. The lowest BCUT2D eigenvalue weighted by atomic mass is 10.0. The highest BCUT2D eigenvalue weighted by molar-refractivity contribution is 5.89. The van der Waals surface area contributed by atoms with E-state index in [1.165, 1.54) is 10.1 Å². The molecule has 0 fully saturated rings. The molecule has 134 valence electrons. The SMILES string of the molecule is CN(Cc1ccccc1)CC(C)(C)NC(=O)Nc1cccn(C)c1=O. The molecule has 1 heterocycles. The molecule has 6 heteroatoms. The van der Waals surface area contributed by atoms with Gasteiger partial charge in [-0.15, -0.1) is 0 Å². The number of anilines is 1. The van der Waals surface area contributed by atoms with E-state index < -0.39 is 5.54 Å². The summed E-state index contributed by atoms with van der Waals surface area (Å²) < 4.78 is 1.42. The van der Waals surface area contributed by atoms with Crippen molar-refractivity contribution in [2.45, 2.75) is 25.9 Å². The van der Waals surface area contributed by atoms with Gasteiger partial charge in [0.05, 0.1) is 0 Å². The van der Waals surface area contributed by atoms with E-state index in [2.05, 4.69) is 27.7 Å². The summed E-state index contributed by atoms with van der Waals surface area (Å²) in [7, 11) is 3.66. The number of carbonyl (C=O) groups is 1. The van der Waals surface area contributed by atoms with Crippen molar-refractivity contribution in [2.24, 2.45) is 7.05 Å². The van der Waals surface area contributed by atoms with Crippen LogP contribution in [-0.4, -0.2) is 34.6 Å². The fourth-order valence-corrected chi connectivity index (χ4v) is 2.82. The molecule has 1 aromatic heterocycles. The van der Waals surface area contributed by atoms with Crippen molar-refractivity contribution in [1.82, 2.24) is 14.8 Å². The Balaban J connectivity index is 1.92. The Morgan fingerprint density at radius 3 is 2.52 bits per heavy atom. The molecule has 25 heavy (non-hydrogen) atoms. The van der Waals surface area contributed by atoms with Gasteiger partial charge >= 0.3 is 6.03 Å². The van der Waals surface area contributed by atoms with Gasteiger partial charge in [0.15, 0.2) is 0 Å². The maximum Gasteiger partial charge on any atom is 0.319 e. The second-order valence-corrected chi connectivity index (χ2v) is 6.96. The first-order chi connectivity index (χ1) is 11.8. The fourth-order valence-electron chi connectivity index (χ4n) is 2.82. The number of aryl methyl sites for hydroxylation is 1. The van der Waals surface area contributed by atoms with Gasteiger partial charge in [0.2, 0.25) is 0 Å². The minimum Gasteiger partial charge on any atom is -0.332 e. The van der Waals surface area contributed by atoms with E-state index in [9.17, 15) is 9.59 Å². The van der Waals surface area contributed by atoms with Gasteiger partial charge in [-0.3, -0.25) is 9.69 Å². The van der Waals surface area contributed by atoms with Crippen LogP contribution in [0, 0.1) is 0 Å². The largest absolute Gasteiger partial charge is 0.332 e. The zero-order valence-corrected chi connectivity index (χ0v) is 15.2. The number of carbonyl (C=O) groups excluding carboxylic acids is 1. The third kappa shape index (κ3) is 5.76. The minimum atomic E-state index is -0.451. The number of likely N-dealkylation sites (N-methyl/N-ethyl adjacent to an activating group) is 1. The van der Waals surface area contributed by atoms with Crippen LogP contribution in [0.15, 0.2) is 53.5 Å². The van der Waals surface area contributed by atoms with E-state index in [1.54, 1.807) is 25.4 Å². The van der Waals surface area contributed by atoms with Crippen LogP contribution in [-0.2, 0) is 13.6 Å². The number of benzene rings is 1. The Bertz CT molecular complexity index is 768. The highest BCUT2D eigenvalue weighted by Crippen LogP contribution is 2.09. The van der Waals surface area contributed by atoms with E-state index in [1.807, 2.05) is 39.1 Å². The summed E-state index contributed by atoms with van der Waals surface area (Å²) in [6.07, 6.45) is 1.65. The Morgan fingerprint density at radius 1 is 1.16 bits per heavy atom. The van der Waals surface area contributed by atoms with E-state index >= 15 is 0 Å². The smallest absolute Gasteiger partial charge is 0.319 e. The first-order valence-corrected chi connectivity index (χ1v) is 8.24. The van der Waals surface area contributed by atoms with Crippen molar-refractivity contribution in [3.05, 3.63) is 64.6 Å². The average Bonchev–Trinajstić information content (AvgIpc) is 2.51. The zero-order chi connectivity index (χ0) is 18.4. The Labute approximate surface area is 148 Å². The maximum atomic E-state index is 12.2. The predicted octanol–water partition coefficient (Wildman–Crippen LogP) is 2.42. The lowest BCUT2D eigenvalue weighted by Gasteiger charge is -2.31. The number of amides is 2. The maximum absolute atomic E-state index is 12.2. The lowest BCUT2D eigenvalue weighted by Crippen LogP contribution is -2.52. The first-order valence-electron chi connectivity index (χ1n) is 8.24. The van der Waals surface area contributed by atoms with E-state index in [0.717, 1.165) is 6.54 Å². The highest BCUT2D eigenvalue weighted by Gasteiger charge is 2.23. The molecule has 0 aliphatic carbocycles. The summed E-state index contributed by atoms with van der Waals surface area (Å²) in [6.45, 7) is 5.38. The summed E-state index contributed by atoms with van der Waals surface area (Å²) >= 11 is 0. The average molecular weight is 342 g/mol. The van der Waals surface area contributed by atoms with Crippen molar-refractivity contribution in [1.29, 1.82) is 0 Å². The van der Waals surface area contributed by atoms with Crippen molar-refractivity contribution in [2.75, 3.05) is 18.9 Å². The highest BCUT2D eigenvalue weighted by atomic mass is 16.2. The van der Waals surface area contributed by atoms with Gasteiger partial charge < -0.3 is 15.2 Å². The molecular weight excluding hydrogens is 316 g/mol. The Hall–Kier alpha value is -2.60. The number of urea groups is 1. The van der Waals surface area contributed by atoms with Crippen molar-refractivity contribution in [3.63, 3.8) is 0 Å². The van der Waals surface area contributed by atoms with Crippen molar-refractivity contribution in [3.8, 4) is 0 Å². The molecule has 0 spiro atoms. The van der Waals surface area contributed by atoms with Crippen LogP contribution < -0.4 is 16.2 Å². The van der Waals surface area contributed by atoms with Crippen LogP contribution >= 0.6 is 0 Å². The fraction of sp³-hybridized carbons (Fsp3) is 0.368. The van der Waals surface area contributed by atoms with Gasteiger partial charge in [-0.2, -0.15) is 0 Å². The molecule has 2 aromatic rings. The van der Waals surface area contributed by atoms with Gasteiger partial charge in [0.1, 0.15) is 5.69 Å². The number of nitrogens with one attached hydrogen (secondary N) is 2. The Morgan fingerprint density at radius 2 is 1.84 bits per heavy atom. The van der Waals surface area contributed by atoms with Crippen LogP contribution in [0.25, 0.3) is 0 Å². The van der Waals surface area contributed by atoms with E-state index in [4.69, 9.17) is 0 Å². The van der Waals surface area contributed by atoms with Crippen LogP contribution in [0.5, 0.6) is 0 Å². The van der Waals surface area contributed by atoms with Gasteiger partial charge in [-0.1, -0.05) is 30.3 Å². The molecule has 2 rings (SSSR count). The number of pyridine rings is 1. The quantitative estimate of drug-likeness (QED) is 0.847. The van der Waals surface area contributed by atoms with Crippen molar-refractivity contribution < 1.29 is 4.79 Å². The number of hydrogen-bond donors (Lipinski definition) is 2. The second kappa shape index (κ2) is 7.98. The third-order valence-corrected chi connectivity index (χ3v) is 3.78. The normalized spacial score (nSPS) is 11.4. The molecule has 0 unspecified atom stereocenters. The summed E-state index contributed by atoms with van der Waals surface area (Å²) in [4.78, 5) is 26.4.